The van der Waals surface area contributed by atoms with Gasteiger partial charge in [0.1, 0.15) is 18.3 Å². The van der Waals surface area contributed by atoms with Crippen molar-refractivity contribution in [3.05, 3.63) is 4.91 Å². The highest BCUT2D eigenvalue weighted by Gasteiger charge is 2.62. The minimum absolute atomic E-state index is 0.133. The highest BCUT2D eigenvalue weighted by Crippen LogP contribution is 2.34. The second-order valence-electron chi connectivity index (χ2n) is 4.75. The SMILES string of the molecule is CCN(N=O)C(=O)N[C@@]1(O)[C@@H](O)[C@H](O)[C@@H](CO)O[C@@]1(C)O. The molecule has 1 heterocycles. The number of urea groups is 1. The van der Waals surface area contributed by atoms with Crippen LogP contribution in [0.1, 0.15) is 13.8 Å². The lowest BCUT2D eigenvalue weighted by molar-refractivity contribution is -0.387. The Morgan fingerprint density at radius 3 is 2.43 bits per heavy atom. The van der Waals surface area contributed by atoms with Crippen LogP contribution >= 0.6 is 0 Å². The van der Waals surface area contributed by atoms with Crippen LogP contribution in [0.3, 0.4) is 0 Å². The van der Waals surface area contributed by atoms with Crippen LogP contribution in [0.5, 0.6) is 0 Å². The van der Waals surface area contributed by atoms with Gasteiger partial charge in [-0.2, -0.15) is 5.01 Å². The number of nitroso groups, excluding NO2 is 1. The number of aliphatic hydroxyl groups excluding tert-OH is 3. The quantitative estimate of drug-likeness (QED) is 0.184. The molecule has 11 heteroatoms. The topological polar surface area (TPSA) is 172 Å². The molecule has 0 aromatic carbocycles. The van der Waals surface area contributed by atoms with Crippen molar-refractivity contribution >= 4 is 6.03 Å². The first-order chi connectivity index (χ1) is 9.64. The van der Waals surface area contributed by atoms with Gasteiger partial charge in [-0.1, -0.05) is 0 Å². The number of hydrogen-bond donors (Lipinski definition) is 6. The molecule has 0 unspecified atom stereocenters. The van der Waals surface area contributed by atoms with Crippen molar-refractivity contribution in [3.63, 3.8) is 0 Å². The number of carbonyl (C=O) groups excluding carboxylic acids is 1. The number of amides is 2. The normalized spacial score (nSPS) is 39.7. The first kappa shape index (κ1) is 17.7. The van der Waals surface area contributed by atoms with Gasteiger partial charge in [0.15, 0.2) is 0 Å². The van der Waals surface area contributed by atoms with E-state index in [1.807, 2.05) is 0 Å². The van der Waals surface area contributed by atoms with E-state index in [2.05, 4.69) is 5.29 Å². The molecule has 1 aliphatic heterocycles. The first-order valence-electron chi connectivity index (χ1n) is 6.17. The summed E-state index contributed by atoms with van der Waals surface area (Å²) in [6.45, 7) is 1.46. The summed E-state index contributed by atoms with van der Waals surface area (Å²) in [5, 5.41) is 53.5. The van der Waals surface area contributed by atoms with E-state index < -0.39 is 42.5 Å². The number of aliphatic hydroxyl groups is 5. The van der Waals surface area contributed by atoms with Gasteiger partial charge in [0.05, 0.1) is 11.9 Å². The number of hydrogen-bond acceptors (Lipinski definition) is 9. The van der Waals surface area contributed by atoms with Gasteiger partial charge in [-0.25, -0.2) is 4.79 Å². The molecule has 1 fully saturated rings. The highest BCUT2D eigenvalue weighted by atomic mass is 16.7. The Hall–Kier alpha value is -1.37. The molecule has 11 nitrogen and oxygen atoms in total. The fourth-order valence-electron chi connectivity index (χ4n) is 1.98. The summed E-state index contributed by atoms with van der Waals surface area (Å²) in [4.78, 5) is 22.1. The Balaban J connectivity index is 3.06. The van der Waals surface area contributed by atoms with Crippen LogP contribution in [0.25, 0.3) is 0 Å². The van der Waals surface area contributed by atoms with Gasteiger partial charge < -0.3 is 35.6 Å². The van der Waals surface area contributed by atoms with E-state index in [1.54, 1.807) is 5.32 Å². The molecule has 0 spiro atoms. The smallest absolute Gasteiger partial charge is 0.342 e. The van der Waals surface area contributed by atoms with Crippen molar-refractivity contribution in [1.82, 2.24) is 10.3 Å². The van der Waals surface area contributed by atoms with Crippen molar-refractivity contribution in [1.29, 1.82) is 0 Å². The van der Waals surface area contributed by atoms with Crippen LogP contribution in [0.15, 0.2) is 5.29 Å². The molecule has 2 amide bonds. The fourth-order valence-corrected chi connectivity index (χ4v) is 1.98. The third kappa shape index (κ3) is 2.97. The van der Waals surface area contributed by atoms with Gasteiger partial charge in [0.25, 0.3) is 0 Å². The molecule has 122 valence electrons. The van der Waals surface area contributed by atoms with E-state index in [1.165, 1.54) is 6.92 Å². The highest BCUT2D eigenvalue weighted by molar-refractivity contribution is 5.74. The van der Waals surface area contributed by atoms with Gasteiger partial charge in [0.2, 0.25) is 11.5 Å². The molecular formula is C10H19N3O8. The zero-order valence-corrected chi connectivity index (χ0v) is 11.5. The molecule has 1 aliphatic rings. The molecule has 0 aliphatic carbocycles. The van der Waals surface area contributed by atoms with E-state index in [0.717, 1.165) is 6.92 Å². The second kappa shape index (κ2) is 6.17. The van der Waals surface area contributed by atoms with Crippen LogP contribution in [-0.4, -0.2) is 79.5 Å². The lowest BCUT2D eigenvalue weighted by Crippen LogP contribution is -2.78. The van der Waals surface area contributed by atoms with Crippen molar-refractivity contribution in [3.8, 4) is 0 Å². The molecule has 0 radical (unpaired) electrons. The summed E-state index contributed by atoms with van der Waals surface area (Å²) in [6, 6.07) is -1.22. The maximum Gasteiger partial charge on any atom is 0.342 e. The van der Waals surface area contributed by atoms with Gasteiger partial charge >= 0.3 is 6.03 Å². The molecule has 1 rings (SSSR count). The summed E-state index contributed by atoms with van der Waals surface area (Å²) in [5.74, 6) is -2.54. The second-order valence-corrected chi connectivity index (χ2v) is 4.75. The summed E-state index contributed by atoms with van der Waals surface area (Å²) < 4.78 is 4.87. The Morgan fingerprint density at radius 2 is 2.00 bits per heavy atom. The fraction of sp³-hybridized carbons (Fsp3) is 0.900. The molecule has 5 atom stereocenters. The van der Waals surface area contributed by atoms with Crippen molar-refractivity contribution in [2.75, 3.05) is 13.2 Å². The third-order valence-corrected chi connectivity index (χ3v) is 3.33. The summed E-state index contributed by atoms with van der Waals surface area (Å²) in [5.41, 5.74) is -2.83. The molecule has 0 bridgehead atoms. The standard InChI is InChI=1S/C10H19N3O8/c1-3-13(12-20)8(17)11-10(19)7(16)6(15)5(4-14)21-9(10,2)18/h5-7,14-16,18-19H,3-4H2,1-2H3,(H,11,17)/t5-,6-,7+,9-,10-/m1/s1. The largest absolute Gasteiger partial charge is 0.394 e. The van der Waals surface area contributed by atoms with Crippen LogP contribution in [0, 0.1) is 4.91 Å². The Bertz CT molecular complexity index is 406. The zero-order chi connectivity index (χ0) is 16.4. The minimum atomic E-state index is -2.83. The van der Waals surface area contributed by atoms with Gasteiger partial charge in [-0.05, 0) is 13.8 Å². The van der Waals surface area contributed by atoms with Crippen LogP contribution in [0.2, 0.25) is 0 Å². The van der Waals surface area contributed by atoms with E-state index >= 15 is 0 Å². The van der Waals surface area contributed by atoms with E-state index in [-0.39, 0.29) is 6.54 Å². The molecule has 0 aromatic rings. The minimum Gasteiger partial charge on any atom is -0.394 e. The van der Waals surface area contributed by atoms with Crippen molar-refractivity contribution in [2.45, 2.75) is 43.7 Å². The Labute approximate surface area is 119 Å². The van der Waals surface area contributed by atoms with Crippen LogP contribution in [0.4, 0.5) is 4.79 Å². The summed E-state index contributed by atoms with van der Waals surface area (Å²) in [6.07, 6.45) is -5.26. The van der Waals surface area contributed by atoms with Gasteiger partial charge in [0, 0.05) is 6.54 Å². The molecule has 1 saturated heterocycles. The Morgan fingerprint density at radius 1 is 1.43 bits per heavy atom. The predicted octanol–water partition coefficient (Wildman–Crippen LogP) is -2.79. The molecule has 0 aromatic heterocycles. The zero-order valence-electron chi connectivity index (χ0n) is 11.5. The molecule has 0 saturated carbocycles. The predicted molar refractivity (Wildman–Crippen MR) is 66.3 cm³/mol. The first-order valence-corrected chi connectivity index (χ1v) is 6.17. The van der Waals surface area contributed by atoms with Gasteiger partial charge in [-0.15, -0.1) is 4.91 Å². The van der Waals surface area contributed by atoms with E-state index in [4.69, 9.17) is 9.84 Å². The number of nitrogens with zero attached hydrogens (tertiary/aromatic N) is 2. The number of nitrogens with one attached hydrogen (secondary N) is 1. The average Bonchev–Trinajstić information content (AvgIpc) is 2.42. The van der Waals surface area contributed by atoms with Crippen molar-refractivity contribution < 1.29 is 35.1 Å². The van der Waals surface area contributed by atoms with Gasteiger partial charge in [-0.3, -0.25) is 0 Å². The number of carbonyl (C=O) groups is 1. The molecule has 6 N–H and O–H groups in total. The summed E-state index contributed by atoms with van der Waals surface area (Å²) in [7, 11) is 0. The molecule has 21 heavy (non-hydrogen) atoms. The van der Waals surface area contributed by atoms with E-state index in [0.29, 0.717) is 5.01 Å². The van der Waals surface area contributed by atoms with Crippen LogP contribution in [-0.2, 0) is 4.74 Å². The maximum atomic E-state index is 11.7. The monoisotopic (exact) mass is 309 g/mol. The lowest BCUT2D eigenvalue weighted by Gasteiger charge is -2.51. The average molecular weight is 309 g/mol. The molecular weight excluding hydrogens is 290 g/mol. The number of rotatable bonds is 4. The maximum absolute atomic E-state index is 11.7. The Kier molecular flexibility index (Phi) is 5.20. The van der Waals surface area contributed by atoms with E-state index in [9.17, 15) is 30.1 Å². The van der Waals surface area contributed by atoms with Crippen LogP contribution < -0.4 is 5.32 Å². The number of ether oxygens (including phenoxy) is 1. The van der Waals surface area contributed by atoms with Crippen molar-refractivity contribution in [2.24, 2.45) is 5.29 Å². The summed E-state index contributed by atoms with van der Waals surface area (Å²) >= 11 is 0. The third-order valence-electron chi connectivity index (χ3n) is 3.33. The lowest BCUT2D eigenvalue weighted by atomic mass is 9.87.